The molecule has 2 heterocycles. The van der Waals surface area contributed by atoms with Gasteiger partial charge in [0.2, 0.25) is 0 Å². The summed E-state index contributed by atoms with van der Waals surface area (Å²) in [6.45, 7) is 10.3. The van der Waals surface area contributed by atoms with Crippen molar-refractivity contribution in [1.29, 1.82) is 0 Å². The number of rotatable bonds is 2. The van der Waals surface area contributed by atoms with Crippen LogP contribution in [0.2, 0.25) is 0 Å². The van der Waals surface area contributed by atoms with Gasteiger partial charge in [-0.3, -0.25) is 0 Å². The summed E-state index contributed by atoms with van der Waals surface area (Å²) in [5.74, 6) is 2.49. The topological polar surface area (TPSA) is 55.6 Å². The minimum absolute atomic E-state index is 0.101. The van der Waals surface area contributed by atoms with Crippen LogP contribution in [0.3, 0.4) is 0 Å². The van der Waals surface area contributed by atoms with Crippen LogP contribution in [-0.4, -0.2) is 26.8 Å². The van der Waals surface area contributed by atoms with E-state index in [1.807, 2.05) is 37.8 Å². The summed E-state index contributed by atoms with van der Waals surface area (Å²) in [4.78, 5) is 9.28. The van der Waals surface area contributed by atoms with Gasteiger partial charge in [-0.25, -0.2) is 14.6 Å². The van der Waals surface area contributed by atoms with Crippen LogP contribution in [0.5, 0.6) is 0 Å². The van der Waals surface area contributed by atoms with Gasteiger partial charge in [0.1, 0.15) is 11.6 Å². The van der Waals surface area contributed by atoms with Crippen molar-refractivity contribution in [3.05, 3.63) is 29.3 Å². The van der Waals surface area contributed by atoms with Crippen molar-refractivity contribution >= 4 is 5.82 Å². The Bertz CT molecular complexity index is 592. The average Bonchev–Trinajstić information content (AvgIpc) is 2.74. The number of anilines is 1. The fourth-order valence-corrected chi connectivity index (χ4v) is 1.84. The van der Waals surface area contributed by atoms with Crippen molar-refractivity contribution < 1.29 is 0 Å². The second kappa shape index (κ2) is 4.64. The lowest BCUT2D eigenvalue weighted by molar-refractivity contribution is 0.542. The van der Waals surface area contributed by atoms with E-state index in [4.69, 9.17) is 0 Å². The van der Waals surface area contributed by atoms with Crippen LogP contribution in [0.4, 0.5) is 5.82 Å². The van der Waals surface area contributed by atoms with E-state index in [0.29, 0.717) is 0 Å². The van der Waals surface area contributed by atoms with Crippen molar-refractivity contribution in [2.45, 2.75) is 40.0 Å². The molecule has 0 amide bonds. The third-order valence-electron chi connectivity index (χ3n) is 2.97. The SMILES string of the molecule is CNc1nc(C(C)(C)C)nc(-n2ccc(C)n2)c1C. The summed E-state index contributed by atoms with van der Waals surface area (Å²) in [7, 11) is 1.87. The van der Waals surface area contributed by atoms with E-state index >= 15 is 0 Å². The first kappa shape index (κ1) is 13.5. The summed E-state index contributed by atoms with van der Waals surface area (Å²) in [6, 6.07) is 1.97. The zero-order valence-electron chi connectivity index (χ0n) is 12.4. The van der Waals surface area contributed by atoms with Crippen LogP contribution >= 0.6 is 0 Å². The predicted octanol–water partition coefficient (Wildman–Crippen LogP) is 2.62. The highest BCUT2D eigenvalue weighted by molar-refractivity contribution is 5.51. The Morgan fingerprint density at radius 1 is 1.16 bits per heavy atom. The van der Waals surface area contributed by atoms with Gasteiger partial charge in [-0.05, 0) is 19.9 Å². The Labute approximate surface area is 114 Å². The van der Waals surface area contributed by atoms with Crippen LogP contribution in [0.15, 0.2) is 12.3 Å². The average molecular weight is 259 g/mol. The molecule has 5 heteroatoms. The second-order valence-corrected chi connectivity index (χ2v) is 5.75. The molecule has 0 saturated heterocycles. The Kier molecular flexibility index (Phi) is 3.30. The van der Waals surface area contributed by atoms with E-state index in [2.05, 4.69) is 41.2 Å². The molecule has 2 aromatic heterocycles. The third-order valence-corrected chi connectivity index (χ3v) is 2.97. The van der Waals surface area contributed by atoms with Gasteiger partial charge in [0.05, 0.1) is 5.69 Å². The van der Waals surface area contributed by atoms with Crippen LogP contribution in [0.1, 0.15) is 37.9 Å². The van der Waals surface area contributed by atoms with Crippen LogP contribution in [-0.2, 0) is 5.41 Å². The Morgan fingerprint density at radius 2 is 1.84 bits per heavy atom. The summed E-state index contributed by atoms with van der Waals surface area (Å²) >= 11 is 0. The first-order valence-corrected chi connectivity index (χ1v) is 6.42. The number of hydrogen-bond donors (Lipinski definition) is 1. The maximum atomic E-state index is 4.69. The van der Waals surface area contributed by atoms with Gasteiger partial charge >= 0.3 is 0 Å². The number of hydrogen-bond acceptors (Lipinski definition) is 4. The summed E-state index contributed by atoms with van der Waals surface area (Å²) in [5, 5.41) is 7.57. The van der Waals surface area contributed by atoms with Gasteiger partial charge in [-0.15, -0.1) is 0 Å². The van der Waals surface area contributed by atoms with Gasteiger partial charge in [0.15, 0.2) is 5.82 Å². The van der Waals surface area contributed by atoms with Gasteiger partial charge in [0, 0.05) is 24.2 Å². The molecule has 0 saturated carbocycles. The minimum Gasteiger partial charge on any atom is -0.373 e. The summed E-state index contributed by atoms with van der Waals surface area (Å²) in [5.41, 5.74) is 1.87. The zero-order valence-corrected chi connectivity index (χ0v) is 12.4. The zero-order chi connectivity index (χ0) is 14.2. The van der Waals surface area contributed by atoms with E-state index in [1.165, 1.54) is 0 Å². The molecule has 2 aromatic rings. The van der Waals surface area contributed by atoms with Crippen LogP contribution < -0.4 is 5.32 Å². The molecule has 0 atom stereocenters. The Hall–Kier alpha value is -1.91. The molecule has 0 aliphatic heterocycles. The number of nitrogens with one attached hydrogen (secondary N) is 1. The molecule has 0 aromatic carbocycles. The Morgan fingerprint density at radius 3 is 2.32 bits per heavy atom. The minimum atomic E-state index is -0.101. The Balaban J connectivity index is 2.65. The van der Waals surface area contributed by atoms with E-state index in [1.54, 1.807) is 0 Å². The van der Waals surface area contributed by atoms with E-state index < -0.39 is 0 Å². The molecule has 19 heavy (non-hydrogen) atoms. The van der Waals surface area contributed by atoms with Crippen molar-refractivity contribution in [2.75, 3.05) is 12.4 Å². The fraction of sp³-hybridized carbons (Fsp3) is 0.500. The molecule has 0 bridgehead atoms. The smallest absolute Gasteiger partial charge is 0.162 e. The largest absolute Gasteiger partial charge is 0.373 e. The molecule has 2 rings (SSSR count). The lowest BCUT2D eigenvalue weighted by Gasteiger charge is -2.20. The van der Waals surface area contributed by atoms with E-state index in [-0.39, 0.29) is 5.41 Å². The molecule has 1 N–H and O–H groups in total. The predicted molar refractivity (Wildman–Crippen MR) is 76.9 cm³/mol. The van der Waals surface area contributed by atoms with Gasteiger partial charge < -0.3 is 5.32 Å². The van der Waals surface area contributed by atoms with E-state index in [0.717, 1.165) is 28.7 Å². The highest BCUT2D eigenvalue weighted by Crippen LogP contribution is 2.25. The molecule has 102 valence electrons. The van der Waals surface area contributed by atoms with Crippen molar-refractivity contribution in [3.8, 4) is 5.82 Å². The maximum absolute atomic E-state index is 4.69. The monoisotopic (exact) mass is 259 g/mol. The highest BCUT2D eigenvalue weighted by atomic mass is 15.3. The fourth-order valence-electron chi connectivity index (χ4n) is 1.84. The molecule has 0 unspecified atom stereocenters. The highest BCUT2D eigenvalue weighted by Gasteiger charge is 2.21. The van der Waals surface area contributed by atoms with Gasteiger partial charge in [-0.2, -0.15) is 5.10 Å². The molecule has 0 spiro atoms. The molecular formula is C14H21N5. The molecule has 0 radical (unpaired) electrons. The normalized spacial score (nSPS) is 11.7. The van der Waals surface area contributed by atoms with Crippen LogP contribution in [0, 0.1) is 13.8 Å². The first-order chi connectivity index (χ1) is 8.82. The van der Waals surface area contributed by atoms with E-state index in [9.17, 15) is 0 Å². The van der Waals surface area contributed by atoms with Crippen LogP contribution in [0.25, 0.3) is 5.82 Å². The second-order valence-electron chi connectivity index (χ2n) is 5.75. The summed E-state index contributed by atoms with van der Waals surface area (Å²) in [6.07, 6.45) is 1.93. The summed E-state index contributed by atoms with van der Waals surface area (Å²) < 4.78 is 1.81. The van der Waals surface area contributed by atoms with Crippen molar-refractivity contribution in [1.82, 2.24) is 19.7 Å². The van der Waals surface area contributed by atoms with Gasteiger partial charge in [0.25, 0.3) is 0 Å². The first-order valence-electron chi connectivity index (χ1n) is 6.42. The number of aryl methyl sites for hydroxylation is 1. The number of nitrogens with zero attached hydrogens (tertiary/aromatic N) is 4. The third kappa shape index (κ3) is 2.59. The standard InChI is InChI=1S/C14H21N5/c1-9-7-8-19(18-9)12-10(2)11(15-6)16-13(17-12)14(3,4)5/h7-8H,1-6H3,(H,15,16,17). The van der Waals surface area contributed by atoms with Crippen molar-refractivity contribution in [3.63, 3.8) is 0 Å². The lowest BCUT2D eigenvalue weighted by Crippen LogP contribution is -2.20. The molecule has 0 aliphatic rings. The quantitative estimate of drug-likeness (QED) is 0.900. The molecule has 0 aliphatic carbocycles. The molecule has 5 nitrogen and oxygen atoms in total. The molecule has 0 fully saturated rings. The van der Waals surface area contributed by atoms with Crippen molar-refractivity contribution in [2.24, 2.45) is 0 Å². The van der Waals surface area contributed by atoms with Gasteiger partial charge in [-0.1, -0.05) is 20.8 Å². The molecular weight excluding hydrogens is 238 g/mol. The lowest BCUT2D eigenvalue weighted by atomic mass is 9.95. The number of aromatic nitrogens is 4. The maximum Gasteiger partial charge on any atom is 0.162 e.